The first-order valence-electron chi connectivity index (χ1n) is 3.73. The van der Waals surface area contributed by atoms with Crippen molar-refractivity contribution >= 4 is 0 Å². The Kier molecular flexibility index (Phi) is 1.31. The third kappa shape index (κ3) is 1.16. The van der Waals surface area contributed by atoms with Crippen LogP contribution in [-0.4, -0.2) is 12.7 Å². The maximum absolute atomic E-state index is 5.47. The highest BCUT2D eigenvalue weighted by Gasteiger charge is 2.37. The SMILES string of the molecule is C1=C\COC2CC2CC/1. The predicted molar refractivity (Wildman–Crippen MR) is 36.2 cm³/mol. The minimum absolute atomic E-state index is 0.634. The number of hydrogen-bond donors (Lipinski definition) is 0. The van der Waals surface area contributed by atoms with Gasteiger partial charge in [0.1, 0.15) is 0 Å². The van der Waals surface area contributed by atoms with Crippen LogP contribution in [0.15, 0.2) is 12.2 Å². The van der Waals surface area contributed by atoms with E-state index in [-0.39, 0.29) is 0 Å². The second-order valence-electron chi connectivity index (χ2n) is 2.92. The van der Waals surface area contributed by atoms with Gasteiger partial charge in [-0.25, -0.2) is 0 Å². The molecule has 0 bridgehead atoms. The number of hydrogen-bond acceptors (Lipinski definition) is 1. The highest BCUT2D eigenvalue weighted by atomic mass is 16.5. The molecule has 0 radical (unpaired) electrons. The normalized spacial score (nSPS) is 44.4. The first kappa shape index (κ1) is 5.48. The maximum atomic E-state index is 5.47. The Morgan fingerprint density at radius 2 is 2.33 bits per heavy atom. The second kappa shape index (κ2) is 2.14. The topological polar surface area (TPSA) is 9.23 Å². The van der Waals surface area contributed by atoms with E-state index in [9.17, 15) is 0 Å². The summed E-state index contributed by atoms with van der Waals surface area (Å²) in [6, 6.07) is 0. The molecule has 50 valence electrons. The van der Waals surface area contributed by atoms with Crippen LogP contribution in [0.1, 0.15) is 19.3 Å². The van der Waals surface area contributed by atoms with Crippen LogP contribution in [0.2, 0.25) is 0 Å². The smallest absolute Gasteiger partial charge is 0.0651 e. The van der Waals surface area contributed by atoms with Crippen LogP contribution in [0, 0.1) is 5.92 Å². The lowest BCUT2D eigenvalue weighted by atomic mass is 10.2. The summed E-state index contributed by atoms with van der Waals surface area (Å²) in [5.74, 6) is 0.912. The fourth-order valence-electron chi connectivity index (χ4n) is 1.40. The molecule has 1 saturated carbocycles. The summed E-state index contributed by atoms with van der Waals surface area (Å²) in [5.41, 5.74) is 0. The van der Waals surface area contributed by atoms with E-state index in [1.54, 1.807) is 0 Å². The zero-order valence-corrected chi connectivity index (χ0v) is 5.55. The lowest BCUT2D eigenvalue weighted by molar-refractivity contribution is 0.132. The molecule has 0 saturated heterocycles. The van der Waals surface area contributed by atoms with Gasteiger partial charge in [0, 0.05) is 0 Å². The molecule has 1 heterocycles. The van der Waals surface area contributed by atoms with Crippen LogP contribution < -0.4 is 0 Å². The van der Waals surface area contributed by atoms with Crippen molar-refractivity contribution in [2.45, 2.75) is 25.4 Å². The quantitative estimate of drug-likeness (QED) is 0.447. The minimum atomic E-state index is 0.634. The summed E-state index contributed by atoms with van der Waals surface area (Å²) < 4.78 is 5.47. The standard InChI is InChI=1S/C8H12O/c1-2-4-7-6-8(7)9-5-3-1/h1,3,7-8H,2,4-6H2/b3-1-. The Hall–Kier alpha value is -0.300. The zero-order valence-electron chi connectivity index (χ0n) is 5.55. The number of allylic oxidation sites excluding steroid dienone is 1. The summed E-state index contributed by atoms with van der Waals surface area (Å²) >= 11 is 0. The zero-order chi connectivity index (χ0) is 6.10. The second-order valence-corrected chi connectivity index (χ2v) is 2.92. The van der Waals surface area contributed by atoms with Crippen molar-refractivity contribution in [3.8, 4) is 0 Å². The van der Waals surface area contributed by atoms with E-state index in [2.05, 4.69) is 12.2 Å². The molecule has 2 aliphatic rings. The summed E-state index contributed by atoms with van der Waals surface area (Å²) in [6.07, 6.45) is 8.94. The molecule has 0 amide bonds. The van der Waals surface area contributed by atoms with Gasteiger partial charge in [0.25, 0.3) is 0 Å². The molecule has 2 rings (SSSR count). The average Bonchev–Trinajstić information content (AvgIpc) is 2.46. The average molecular weight is 124 g/mol. The minimum Gasteiger partial charge on any atom is -0.374 e. The maximum Gasteiger partial charge on any atom is 0.0651 e. The van der Waals surface area contributed by atoms with Crippen LogP contribution in [0.25, 0.3) is 0 Å². The first-order valence-corrected chi connectivity index (χ1v) is 3.73. The molecule has 0 N–H and O–H groups in total. The first-order chi connectivity index (χ1) is 4.47. The van der Waals surface area contributed by atoms with Gasteiger partial charge in [-0.1, -0.05) is 12.2 Å². The summed E-state index contributed by atoms with van der Waals surface area (Å²) in [5, 5.41) is 0. The fourth-order valence-corrected chi connectivity index (χ4v) is 1.40. The molecule has 0 aromatic heterocycles. The summed E-state index contributed by atoms with van der Waals surface area (Å²) in [7, 11) is 0. The van der Waals surface area contributed by atoms with Gasteiger partial charge < -0.3 is 4.74 Å². The number of ether oxygens (including phenoxy) is 1. The van der Waals surface area contributed by atoms with Crippen LogP contribution in [0.3, 0.4) is 0 Å². The van der Waals surface area contributed by atoms with E-state index in [1.807, 2.05) is 0 Å². The molecule has 0 aromatic rings. The van der Waals surface area contributed by atoms with E-state index in [4.69, 9.17) is 4.74 Å². The van der Waals surface area contributed by atoms with Gasteiger partial charge in [0.15, 0.2) is 0 Å². The molecule has 1 nitrogen and oxygen atoms in total. The molecule has 1 aliphatic carbocycles. The van der Waals surface area contributed by atoms with Crippen molar-refractivity contribution in [1.29, 1.82) is 0 Å². The Morgan fingerprint density at radius 3 is 3.33 bits per heavy atom. The van der Waals surface area contributed by atoms with Crippen molar-refractivity contribution in [1.82, 2.24) is 0 Å². The largest absolute Gasteiger partial charge is 0.374 e. The molecule has 2 atom stereocenters. The Bertz CT molecular complexity index is 115. The van der Waals surface area contributed by atoms with Crippen molar-refractivity contribution in [3.05, 3.63) is 12.2 Å². The fraction of sp³-hybridized carbons (Fsp3) is 0.750. The molecule has 1 heteroatoms. The molecule has 1 fully saturated rings. The van der Waals surface area contributed by atoms with E-state index in [0.29, 0.717) is 6.10 Å². The number of fused-ring (bicyclic) bond motifs is 1. The molecule has 0 aromatic carbocycles. The van der Waals surface area contributed by atoms with E-state index >= 15 is 0 Å². The van der Waals surface area contributed by atoms with Crippen LogP contribution >= 0.6 is 0 Å². The summed E-state index contributed by atoms with van der Waals surface area (Å²) in [4.78, 5) is 0. The Balaban J connectivity index is 1.91. The highest BCUT2D eigenvalue weighted by Crippen LogP contribution is 2.38. The molecule has 1 aliphatic heterocycles. The van der Waals surface area contributed by atoms with Crippen LogP contribution in [0.4, 0.5) is 0 Å². The molecule has 9 heavy (non-hydrogen) atoms. The predicted octanol–water partition coefficient (Wildman–Crippen LogP) is 1.74. The van der Waals surface area contributed by atoms with E-state index in [1.165, 1.54) is 19.3 Å². The van der Waals surface area contributed by atoms with Gasteiger partial charge in [0.05, 0.1) is 12.7 Å². The van der Waals surface area contributed by atoms with Crippen molar-refractivity contribution in [2.24, 2.45) is 5.92 Å². The lowest BCUT2D eigenvalue weighted by Gasteiger charge is -2.01. The van der Waals surface area contributed by atoms with Crippen molar-refractivity contribution in [3.63, 3.8) is 0 Å². The monoisotopic (exact) mass is 124 g/mol. The molecule has 0 spiro atoms. The van der Waals surface area contributed by atoms with Gasteiger partial charge in [-0.15, -0.1) is 0 Å². The number of rotatable bonds is 0. The molecule has 2 unspecified atom stereocenters. The highest BCUT2D eigenvalue weighted by molar-refractivity contribution is 4.94. The van der Waals surface area contributed by atoms with Crippen molar-refractivity contribution < 1.29 is 4.74 Å². The molecular formula is C8H12O. The Morgan fingerprint density at radius 1 is 1.33 bits per heavy atom. The Labute approximate surface area is 55.7 Å². The van der Waals surface area contributed by atoms with Crippen LogP contribution in [0.5, 0.6) is 0 Å². The van der Waals surface area contributed by atoms with Crippen LogP contribution in [-0.2, 0) is 4.74 Å². The van der Waals surface area contributed by atoms with E-state index in [0.717, 1.165) is 12.5 Å². The molecular weight excluding hydrogens is 112 g/mol. The van der Waals surface area contributed by atoms with E-state index < -0.39 is 0 Å². The van der Waals surface area contributed by atoms with Gasteiger partial charge in [-0.2, -0.15) is 0 Å². The van der Waals surface area contributed by atoms with Gasteiger partial charge >= 0.3 is 0 Å². The van der Waals surface area contributed by atoms with Gasteiger partial charge in [-0.3, -0.25) is 0 Å². The van der Waals surface area contributed by atoms with Gasteiger partial charge in [0.2, 0.25) is 0 Å². The van der Waals surface area contributed by atoms with Crippen molar-refractivity contribution in [2.75, 3.05) is 6.61 Å². The van der Waals surface area contributed by atoms with Gasteiger partial charge in [-0.05, 0) is 25.2 Å². The lowest BCUT2D eigenvalue weighted by Crippen LogP contribution is -1.98. The third-order valence-electron chi connectivity index (χ3n) is 2.14. The summed E-state index contributed by atoms with van der Waals surface area (Å²) in [6.45, 7) is 0.848. The third-order valence-corrected chi connectivity index (χ3v) is 2.14.